The van der Waals surface area contributed by atoms with Crippen LogP contribution in [0.15, 0.2) is 41.2 Å². The first-order chi connectivity index (χ1) is 12.6. The molecule has 0 fully saturated rings. The molecular formula is C20H17ClN2O3. The third kappa shape index (κ3) is 2.74. The first kappa shape index (κ1) is 16.7. The maximum absolute atomic E-state index is 12.8. The summed E-state index contributed by atoms with van der Waals surface area (Å²) in [6, 6.07) is 10.8. The zero-order valence-corrected chi connectivity index (χ0v) is 15.2. The van der Waals surface area contributed by atoms with Crippen LogP contribution in [0.3, 0.4) is 0 Å². The molecule has 0 N–H and O–H groups in total. The first-order valence-corrected chi connectivity index (χ1v) is 8.61. The molecule has 1 aliphatic heterocycles. The fourth-order valence-corrected chi connectivity index (χ4v) is 3.44. The van der Waals surface area contributed by atoms with Crippen molar-refractivity contribution in [1.82, 2.24) is 9.55 Å². The van der Waals surface area contributed by atoms with Crippen molar-refractivity contribution in [1.29, 1.82) is 0 Å². The predicted octanol–water partition coefficient (Wildman–Crippen LogP) is 4.01. The van der Waals surface area contributed by atoms with Crippen LogP contribution in [0, 0.1) is 0 Å². The van der Waals surface area contributed by atoms with Crippen molar-refractivity contribution in [2.45, 2.75) is 13.0 Å². The number of fused-ring (bicyclic) bond motifs is 2. The van der Waals surface area contributed by atoms with Gasteiger partial charge in [-0.3, -0.25) is 9.36 Å². The summed E-state index contributed by atoms with van der Waals surface area (Å²) in [5.74, 6) is 2.18. The van der Waals surface area contributed by atoms with Crippen molar-refractivity contribution < 1.29 is 9.47 Å². The normalized spacial score (nSPS) is 14.7. The molecule has 0 saturated carbocycles. The van der Waals surface area contributed by atoms with Gasteiger partial charge >= 0.3 is 0 Å². The minimum Gasteiger partial charge on any atom is -0.497 e. The van der Waals surface area contributed by atoms with E-state index in [1.54, 1.807) is 37.0 Å². The number of rotatable bonds is 3. The van der Waals surface area contributed by atoms with Crippen molar-refractivity contribution >= 4 is 34.2 Å². The number of ether oxygens (including phenoxy) is 2. The topological polar surface area (TPSA) is 53.4 Å². The van der Waals surface area contributed by atoms with Gasteiger partial charge < -0.3 is 9.47 Å². The van der Waals surface area contributed by atoms with Gasteiger partial charge in [-0.1, -0.05) is 11.6 Å². The summed E-state index contributed by atoms with van der Waals surface area (Å²) in [4.78, 5) is 17.5. The fraction of sp³-hybridized carbons (Fsp3) is 0.200. The first-order valence-electron chi connectivity index (χ1n) is 8.24. The van der Waals surface area contributed by atoms with E-state index < -0.39 is 0 Å². The SMILES string of the molecule is COc1ccc(OC)c(/C=C2\CCn3c2nc2ccc(Cl)cc2c3=O)c1. The molecule has 0 spiro atoms. The van der Waals surface area contributed by atoms with Gasteiger partial charge in [0.1, 0.15) is 17.3 Å². The Kier molecular flexibility index (Phi) is 4.17. The molecule has 0 unspecified atom stereocenters. The van der Waals surface area contributed by atoms with E-state index >= 15 is 0 Å². The van der Waals surface area contributed by atoms with Gasteiger partial charge in [0.05, 0.1) is 25.1 Å². The van der Waals surface area contributed by atoms with Gasteiger partial charge in [0, 0.05) is 17.1 Å². The highest BCUT2D eigenvalue weighted by molar-refractivity contribution is 6.31. The maximum Gasteiger partial charge on any atom is 0.261 e. The number of allylic oxidation sites excluding steroid dienone is 1. The van der Waals surface area contributed by atoms with E-state index in [2.05, 4.69) is 0 Å². The smallest absolute Gasteiger partial charge is 0.261 e. The molecule has 0 atom stereocenters. The maximum atomic E-state index is 12.8. The van der Waals surface area contributed by atoms with Gasteiger partial charge in [0.15, 0.2) is 0 Å². The lowest BCUT2D eigenvalue weighted by molar-refractivity contribution is 0.402. The molecule has 6 heteroatoms. The summed E-state index contributed by atoms with van der Waals surface area (Å²) in [6.45, 7) is 0.599. The summed E-state index contributed by atoms with van der Waals surface area (Å²) >= 11 is 6.03. The Labute approximate surface area is 155 Å². The van der Waals surface area contributed by atoms with Crippen molar-refractivity contribution in [3.8, 4) is 11.5 Å². The van der Waals surface area contributed by atoms with Crippen molar-refractivity contribution in [2.75, 3.05) is 14.2 Å². The summed E-state index contributed by atoms with van der Waals surface area (Å²) in [5.41, 5.74) is 2.47. The van der Waals surface area contributed by atoms with E-state index in [0.29, 0.717) is 28.3 Å². The van der Waals surface area contributed by atoms with Crippen LogP contribution in [-0.4, -0.2) is 23.8 Å². The summed E-state index contributed by atoms with van der Waals surface area (Å²) in [5, 5.41) is 1.08. The molecule has 132 valence electrons. The van der Waals surface area contributed by atoms with Crippen LogP contribution >= 0.6 is 11.6 Å². The molecule has 4 rings (SSSR count). The van der Waals surface area contributed by atoms with E-state index in [0.717, 1.165) is 29.1 Å². The molecule has 1 aliphatic rings. The van der Waals surface area contributed by atoms with Crippen molar-refractivity contribution in [3.63, 3.8) is 0 Å². The summed E-state index contributed by atoms with van der Waals surface area (Å²) in [6.07, 6.45) is 2.74. The molecule has 5 nitrogen and oxygen atoms in total. The largest absolute Gasteiger partial charge is 0.497 e. The number of benzene rings is 2. The lowest BCUT2D eigenvalue weighted by Crippen LogP contribution is -2.20. The van der Waals surface area contributed by atoms with Gasteiger partial charge in [-0.05, 0) is 54.5 Å². The average Bonchev–Trinajstić information content (AvgIpc) is 3.05. The Bertz CT molecular complexity index is 1100. The molecule has 1 aromatic heterocycles. The minimum absolute atomic E-state index is 0.0616. The third-order valence-electron chi connectivity index (χ3n) is 4.57. The van der Waals surface area contributed by atoms with Crippen LogP contribution in [0.4, 0.5) is 0 Å². The Hall–Kier alpha value is -2.79. The van der Waals surface area contributed by atoms with Crippen LogP contribution in [0.5, 0.6) is 11.5 Å². The Morgan fingerprint density at radius 2 is 2.00 bits per heavy atom. The van der Waals surface area contributed by atoms with Gasteiger partial charge in [0.2, 0.25) is 0 Å². The molecule has 2 heterocycles. The standard InChI is InChI=1S/C20H17ClN2O3/c1-25-15-4-6-18(26-2)13(10-15)9-12-7-8-23-19(12)22-17-5-3-14(21)11-16(17)20(23)24/h3-6,9-11H,7-8H2,1-2H3/b12-9+. The molecule has 0 aliphatic carbocycles. The molecule has 3 aromatic rings. The number of aromatic nitrogens is 2. The van der Waals surface area contributed by atoms with E-state index in [1.165, 1.54) is 0 Å². The highest BCUT2D eigenvalue weighted by atomic mass is 35.5. The molecule has 2 aromatic carbocycles. The molecule has 0 amide bonds. The van der Waals surface area contributed by atoms with E-state index in [1.807, 2.05) is 24.3 Å². The molecule has 0 saturated heterocycles. The molecule has 26 heavy (non-hydrogen) atoms. The number of nitrogens with zero attached hydrogens (tertiary/aromatic N) is 2. The highest BCUT2D eigenvalue weighted by Gasteiger charge is 2.21. The average molecular weight is 369 g/mol. The van der Waals surface area contributed by atoms with Gasteiger partial charge in [-0.15, -0.1) is 0 Å². The number of halogens is 1. The van der Waals surface area contributed by atoms with Gasteiger partial charge in [0.25, 0.3) is 5.56 Å². The highest BCUT2D eigenvalue weighted by Crippen LogP contribution is 2.32. The third-order valence-corrected chi connectivity index (χ3v) is 4.81. The fourth-order valence-electron chi connectivity index (χ4n) is 3.27. The van der Waals surface area contributed by atoms with E-state index in [-0.39, 0.29) is 5.56 Å². The lowest BCUT2D eigenvalue weighted by atomic mass is 10.1. The van der Waals surface area contributed by atoms with Gasteiger partial charge in [-0.25, -0.2) is 4.98 Å². The lowest BCUT2D eigenvalue weighted by Gasteiger charge is -2.09. The predicted molar refractivity (Wildman–Crippen MR) is 103 cm³/mol. The van der Waals surface area contributed by atoms with Crippen molar-refractivity contribution in [2.24, 2.45) is 0 Å². The second-order valence-electron chi connectivity index (χ2n) is 6.08. The number of hydrogen-bond donors (Lipinski definition) is 0. The minimum atomic E-state index is -0.0616. The van der Waals surface area contributed by atoms with Crippen molar-refractivity contribution in [3.05, 3.63) is 63.2 Å². The van der Waals surface area contributed by atoms with Crippen LogP contribution in [-0.2, 0) is 6.54 Å². The Balaban J connectivity index is 1.89. The zero-order valence-electron chi connectivity index (χ0n) is 14.5. The molecule has 0 bridgehead atoms. The van der Waals surface area contributed by atoms with Crippen LogP contribution in [0.2, 0.25) is 5.02 Å². The molecule has 0 radical (unpaired) electrons. The van der Waals surface area contributed by atoms with Crippen LogP contribution in [0.1, 0.15) is 17.8 Å². The quantitative estimate of drug-likeness (QED) is 0.701. The second kappa shape index (κ2) is 6.50. The summed E-state index contributed by atoms with van der Waals surface area (Å²) < 4.78 is 12.5. The monoisotopic (exact) mass is 368 g/mol. The number of methoxy groups -OCH3 is 2. The van der Waals surface area contributed by atoms with E-state index in [9.17, 15) is 4.79 Å². The van der Waals surface area contributed by atoms with Gasteiger partial charge in [-0.2, -0.15) is 0 Å². The van der Waals surface area contributed by atoms with Crippen LogP contribution < -0.4 is 15.0 Å². The second-order valence-corrected chi connectivity index (χ2v) is 6.52. The van der Waals surface area contributed by atoms with Crippen LogP contribution in [0.25, 0.3) is 22.6 Å². The molecular weight excluding hydrogens is 352 g/mol. The summed E-state index contributed by atoms with van der Waals surface area (Å²) in [7, 11) is 3.26. The van der Waals surface area contributed by atoms with E-state index in [4.69, 9.17) is 26.1 Å². The number of hydrogen-bond acceptors (Lipinski definition) is 4. The Morgan fingerprint density at radius 3 is 2.77 bits per heavy atom. The Morgan fingerprint density at radius 1 is 1.15 bits per heavy atom. The zero-order chi connectivity index (χ0) is 18.3.